The van der Waals surface area contributed by atoms with Crippen molar-refractivity contribution in [3.8, 4) is 11.5 Å². The molecule has 0 spiro atoms. The molecule has 0 amide bonds. The third-order valence-electron chi connectivity index (χ3n) is 3.57. The van der Waals surface area contributed by atoms with Crippen LogP contribution in [0.2, 0.25) is 0 Å². The summed E-state index contributed by atoms with van der Waals surface area (Å²) in [6.45, 7) is 10.4. The van der Waals surface area contributed by atoms with Gasteiger partial charge in [0.1, 0.15) is 13.2 Å². The van der Waals surface area contributed by atoms with Gasteiger partial charge in [-0.2, -0.15) is 0 Å². The maximum absolute atomic E-state index is 5.84. The van der Waals surface area contributed by atoms with E-state index in [0.29, 0.717) is 25.0 Å². The van der Waals surface area contributed by atoms with Gasteiger partial charge in [-0.15, -0.1) is 11.3 Å². The first-order chi connectivity index (χ1) is 8.19. The molecule has 0 fully saturated rings. The van der Waals surface area contributed by atoms with Crippen LogP contribution in [-0.4, -0.2) is 13.2 Å². The first-order valence-corrected chi connectivity index (χ1v) is 7.42. The number of thiophene rings is 1. The Labute approximate surface area is 108 Å². The van der Waals surface area contributed by atoms with Crippen molar-refractivity contribution in [1.82, 2.24) is 0 Å². The topological polar surface area (TPSA) is 18.5 Å². The van der Waals surface area contributed by atoms with Gasteiger partial charge in [-0.05, 0) is 24.7 Å². The van der Waals surface area contributed by atoms with Crippen molar-refractivity contribution in [1.29, 1.82) is 0 Å². The third kappa shape index (κ3) is 2.30. The summed E-state index contributed by atoms with van der Waals surface area (Å²) in [5, 5.41) is 0. The molecule has 3 heteroatoms. The van der Waals surface area contributed by atoms with Gasteiger partial charge in [-0.1, -0.05) is 27.7 Å². The first-order valence-electron chi connectivity index (χ1n) is 6.61. The Morgan fingerprint density at radius 2 is 1.35 bits per heavy atom. The molecule has 1 aromatic heterocycles. The molecular formula is C14H22O2S. The van der Waals surface area contributed by atoms with E-state index in [9.17, 15) is 0 Å². The molecule has 2 nitrogen and oxygen atoms in total. The fraction of sp³-hybridized carbons (Fsp3) is 0.714. The Kier molecular flexibility index (Phi) is 3.97. The van der Waals surface area contributed by atoms with Crippen LogP contribution in [0.4, 0.5) is 0 Å². The van der Waals surface area contributed by atoms with Crippen LogP contribution >= 0.6 is 11.3 Å². The fourth-order valence-electron chi connectivity index (χ4n) is 2.02. The van der Waals surface area contributed by atoms with E-state index in [2.05, 4.69) is 27.7 Å². The highest BCUT2D eigenvalue weighted by atomic mass is 32.1. The van der Waals surface area contributed by atoms with Gasteiger partial charge >= 0.3 is 0 Å². The van der Waals surface area contributed by atoms with Gasteiger partial charge in [0.25, 0.3) is 0 Å². The molecule has 1 aliphatic rings. The lowest BCUT2D eigenvalue weighted by Crippen LogP contribution is -2.16. The zero-order valence-corrected chi connectivity index (χ0v) is 12.0. The lowest BCUT2D eigenvalue weighted by atomic mass is 10.0. The predicted octanol–water partition coefficient (Wildman–Crippen LogP) is 4.55. The summed E-state index contributed by atoms with van der Waals surface area (Å²) in [6.07, 6.45) is 2.30. The number of hydrogen-bond acceptors (Lipinski definition) is 3. The first kappa shape index (κ1) is 12.7. The summed E-state index contributed by atoms with van der Waals surface area (Å²) in [5.74, 6) is 3.19. The Bertz CT molecular complexity index is 349. The van der Waals surface area contributed by atoms with Gasteiger partial charge in [0, 0.05) is 0 Å². The molecule has 0 saturated carbocycles. The van der Waals surface area contributed by atoms with Crippen molar-refractivity contribution in [2.24, 2.45) is 0 Å². The largest absolute Gasteiger partial charge is 0.485 e. The van der Waals surface area contributed by atoms with E-state index >= 15 is 0 Å². The molecule has 2 heterocycles. The van der Waals surface area contributed by atoms with Crippen molar-refractivity contribution in [2.75, 3.05) is 13.2 Å². The van der Waals surface area contributed by atoms with E-state index in [1.807, 2.05) is 11.3 Å². The van der Waals surface area contributed by atoms with Crippen LogP contribution in [0.15, 0.2) is 0 Å². The molecule has 2 rings (SSSR count). The van der Waals surface area contributed by atoms with Crippen LogP contribution in [-0.2, 0) is 0 Å². The Morgan fingerprint density at radius 3 is 1.71 bits per heavy atom. The molecule has 0 saturated heterocycles. The van der Waals surface area contributed by atoms with E-state index in [-0.39, 0.29) is 0 Å². The smallest absolute Gasteiger partial charge is 0.175 e. The maximum atomic E-state index is 5.84. The summed E-state index contributed by atoms with van der Waals surface area (Å²) >= 11 is 1.89. The van der Waals surface area contributed by atoms with Crippen LogP contribution in [0.3, 0.4) is 0 Å². The number of ether oxygens (including phenoxy) is 2. The molecule has 1 aromatic rings. The minimum Gasteiger partial charge on any atom is -0.485 e. The predicted molar refractivity (Wildman–Crippen MR) is 72.7 cm³/mol. The van der Waals surface area contributed by atoms with Crippen LogP contribution in [0, 0.1) is 0 Å². The Balaban J connectivity index is 2.43. The number of hydrogen-bond donors (Lipinski definition) is 0. The van der Waals surface area contributed by atoms with Gasteiger partial charge in [-0.25, -0.2) is 0 Å². The van der Waals surface area contributed by atoms with Gasteiger partial charge in [0.05, 0.1) is 9.75 Å². The van der Waals surface area contributed by atoms with Crippen LogP contribution < -0.4 is 9.47 Å². The second-order valence-corrected chi connectivity index (χ2v) is 5.89. The van der Waals surface area contributed by atoms with Crippen molar-refractivity contribution in [2.45, 2.75) is 52.4 Å². The molecule has 1 aliphatic heterocycles. The Morgan fingerprint density at radius 1 is 0.941 bits per heavy atom. The van der Waals surface area contributed by atoms with Gasteiger partial charge in [0.2, 0.25) is 0 Å². The SMILES string of the molecule is CCC(C)c1sc(C(C)CC)c2c1OCCO2. The number of rotatable bonds is 4. The summed E-state index contributed by atoms with van der Waals surface area (Å²) < 4.78 is 11.7. The fourth-order valence-corrected chi connectivity index (χ4v) is 3.48. The highest BCUT2D eigenvalue weighted by molar-refractivity contribution is 7.13. The average Bonchev–Trinajstić information content (AvgIpc) is 2.76. The molecule has 0 aliphatic carbocycles. The molecule has 0 aromatic carbocycles. The van der Waals surface area contributed by atoms with Crippen molar-refractivity contribution in [3.63, 3.8) is 0 Å². The summed E-state index contributed by atoms with van der Waals surface area (Å²) in [6, 6.07) is 0. The summed E-state index contributed by atoms with van der Waals surface area (Å²) in [4.78, 5) is 2.75. The van der Waals surface area contributed by atoms with Crippen LogP contribution in [0.25, 0.3) is 0 Å². The summed E-state index contributed by atoms with van der Waals surface area (Å²) in [7, 11) is 0. The molecule has 96 valence electrons. The van der Waals surface area contributed by atoms with Gasteiger partial charge in [-0.3, -0.25) is 0 Å². The van der Waals surface area contributed by atoms with E-state index < -0.39 is 0 Å². The zero-order valence-electron chi connectivity index (χ0n) is 11.2. The highest BCUT2D eigenvalue weighted by Crippen LogP contribution is 2.50. The molecule has 0 radical (unpaired) electrons. The second-order valence-electron chi connectivity index (χ2n) is 4.80. The van der Waals surface area contributed by atoms with Gasteiger partial charge < -0.3 is 9.47 Å². The maximum Gasteiger partial charge on any atom is 0.175 e. The quantitative estimate of drug-likeness (QED) is 0.785. The van der Waals surface area contributed by atoms with E-state index in [0.717, 1.165) is 24.3 Å². The Hall–Kier alpha value is -0.700. The molecule has 0 N–H and O–H groups in total. The van der Waals surface area contributed by atoms with E-state index in [1.165, 1.54) is 9.75 Å². The molecule has 2 unspecified atom stereocenters. The van der Waals surface area contributed by atoms with E-state index in [1.54, 1.807) is 0 Å². The van der Waals surface area contributed by atoms with E-state index in [4.69, 9.17) is 9.47 Å². The lowest BCUT2D eigenvalue weighted by molar-refractivity contribution is 0.169. The minimum absolute atomic E-state index is 0.563. The minimum atomic E-state index is 0.563. The lowest BCUT2D eigenvalue weighted by Gasteiger charge is -2.19. The van der Waals surface area contributed by atoms with Crippen LogP contribution in [0.1, 0.15) is 62.1 Å². The van der Waals surface area contributed by atoms with Gasteiger partial charge in [0.15, 0.2) is 11.5 Å². The zero-order chi connectivity index (χ0) is 12.4. The van der Waals surface area contributed by atoms with Crippen LogP contribution in [0.5, 0.6) is 11.5 Å². The number of fused-ring (bicyclic) bond motifs is 1. The second kappa shape index (κ2) is 5.30. The van der Waals surface area contributed by atoms with Crippen molar-refractivity contribution in [3.05, 3.63) is 9.75 Å². The molecular weight excluding hydrogens is 232 g/mol. The molecule has 0 bridgehead atoms. The molecule has 17 heavy (non-hydrogen) atoms. The summed E-state index contributed by atoms with van der Waals surface area (Å²) in [5.41, 5.74) is 0. The van der Waals surface area contributed by atoms with Crippen molar-refractivity contribution >= 4 is 11.3 Å². The normalized spacial score (nSPS) is 17.9. The average molecular weight is 254 g/mol. The monoisotopic (exact) mass is 254 g/mol. The van der Waals surface area contributed by atoms with Crippen molar-refractivity contribution < 1.29 is 9.47 Å². The molecule has 2 atom stereocenters. The third-order valence-corrected chi connectivity index (χ3v) is 5.19. The standard InChI is InChI=1S/C14H22O2S/c1-5-9(3)13-11-12(16-8-7-15-11)14(17-13)10(4)6-2/h9-10H,5-8H2,1-4H3. The highest BCUT2D eigenvalue weighted by Gasteiger charge is 2.28.